The molecule has 1 atom stereocenters. The molecule has 2 heterocycles. The summed E-state index contributed by atoms with van der Waals surface area (Å²) in [5.74, 6) is 1.60. The molecule has 0 amide bonds. The minimum atomic E-state index is -0.439. The maximum Gasteiger partial charge on any atom is 0.170 e. The molecule has 4 nitrogen and oxygen atoms in total. The summed E-state index contributed by atoms with van der Waals surface area (Å²) in [6, 6.07) is 56.9. The molecule has 0 bridgehead atoms. The molecular formula is C43H29N3O. The SMILES string of the molecule is c1ccc(C2=NC(c3cccc4c(-c5cccc6oc7ccccc7c56)cccc34)N=C(c3cccc(-c4ccccc4)c3)N2)cc1. The maximum atomic E-state index is 6.25. The predicted molar refractivity (Wildman–Crippen MR) is 194 cm³/mol. The molecule has 1 aliphatic heterocycles. The number of hydrogen-bond acceptors (Lipinski definition) is 4. The molecule has 47 heavy (non-hydrogen) atoms. The lowest BCUT2D eigenvalue weighted by molar-refractivity contribution is 0.669. The third-order valence-corrected chi connectivity index (χ3v) is 8.96. The summed E-state index contributed by atoms with van der Waals surface area (Å²) in [5, 5.41) is 8.10. The molecule has 7 aromatic carbocycles. The molecule has 0 saturated carbocycles. The van der Waals surface area contributed by atoms with Crippen LogP contribution in [0.25, 0.3) is 55.0 Å². The van der Waals surface area contributed by atoms with Crippen LogP contribution in [0.1, 0.15) is 22.9 Å². The number of nitrogens with zero attached hydrogens (tertiary/aromatic N) is 2. The lowest BCUT2D eigenvalue weighted by Gasteiger charge is -2.23. The highest BCUT2D eigenvalue weighted by Gasteiger charge is 2.23. The molecule has 9 rings (SSSR count). The summed E-state index contributed by atoms with van der Waals surface area (Å²) in [6.07, 6.45) is -0.439. The zero-order chi connectivity index (χ0) is 31.2. The Kier molecular flexibility index (Phi) is 6.50. The first kappa shape index (κ1) is 27.1. The summed E-state index contributed by atoms with van der Waals surface area (Å²) in [6.45, 7) is 0. The van der Waals surface area contributed by atoms with Crippen molar-refractivity contribution < 1.29 is 4.42 Å². The van der Waals surface area contributed by atoms with Crippen LogP contribution in [-0.4, -0.2) is 11.7 Å². The van der Waals surface area contributed by atoms with Crippen LogP contribution in [0.15, 0.2) is 178 Å². The number of amidine groups is 2. The number of aliphatic imine (C=N–C) groups is 2. The van der Waals surface area contributed by atoms with Crippen LogP contribution >= 0.6 is 0 Å². The highest BCUT2D eigenvalue weighted by atomic mass is 16.3. The second kappa shape index (κ2) is 11.3. The highest BCUT2D eigenvalue weighted by Crippen LogP contribution is 2.41. The van der Waals surface area contributed by atoms with Crippen molar-refractivity contribution in [2.24, 2.45) is 9.98 Å². The van der Waals surface area contributed by atoms with Gasteiger partial charge in [0.05, 0.1) is 0 Å². The van der Waals surface area contributed by atoms with Crippen molar-refractivity contribution in [3.05, 3.63) is 180 Å². The lowest BCUT2D eigenvalue weighted by Crippen LogP contribution is -2.36. The fourth-order valence-corrected chi connectivity index (χ4v) is 6.75. The van der Waals surface area contributed by atoms with Crippen LogP contribution in [-0.2, 0) is 0 Å². The lowest BCUT2D eigenvalue weighted by atomic mass is 9.92. The van der Waals surface area contributed by atoms with E-state index in [-0.39, 0.29) is 0 Å². The maximum absolute atomic E-state index is 6.25. The summed E-state index contributed by atoms with van der Waals surface area (Å²) in [5.41, 5.74) is 9.48. The van der Waals surface area contributed by atoms with Crippen molar-refractivity contribution in [2.45, 2.75) is 6.17 Å². The quantitative estimate of drug-likeness (QED) is 0.213. The Bertz CT molecular complexity index is 2490. The smallest absolute Gasteiger partial charge is 0.170 e. The average Bonchev–Trinajstić information content (AvgIpc) is 3.54. The van der Waals surface area contributed by atoms with Gasteiger partial charge < -0.3 is 9.73 Å². The van der Waals surface area contributed by atoms with Crippen LogP contribution < -0.4 is 5.32 Å². The summed E-state index contributed by atoms with van der Waals surface area (Å²) >= 11 is 0. The minimum Gasteiger partial charge on any atom is -0.456 e. The molecule has 1 aliphatic rings. The molecule has 0 saturated heterocycles. The summed E-state index contributed by atoms with van der Waals surface area (Å²) in [7, 11) is 0. The second-order valence-electron chi connectivity index (χ2n) is 11.8. The van der Waals surface area contributed by atoms with Crippen LogP contribution in [0.3, 0.4) is 0 Å². The number of rotatable bonds is 5. The minimum absolute atomic E-state index is 0.439. The van der Waals surface area contributed by atoms with E-state index in [1.54, 1.807) is 0 Å². The largest absolute Gasteiger partial charge is 0.456 e. The zero-order valence-corrected chi connectivity index (χ0v) is 25.5. The molecule has 0 fully saturated rings. The number of para-hydroxylation sites is 1. The van der Waals surface area contributed by atoms with E-state index in [0.717, 1.165) is 77.8 Å². The molecule has 8 aromatic rings. The van der Waals surface area contributed by atoms with Gasteiger partial charge in [-0.3, -0.25) is 0 Å². The van der Waals surface area contributed by atoms with E-state index in [1.165, 1.54) is 5.56 Å². The third kappa shape index (κ3) is 4.79. The first-order chi connectivity index (χ1) is 23.3. The molecule has 4 heteroatoms. The van der Waals surface area contributed by atoms with Crippen molar-refractivity contribution in [1.82, 2.24) is 5.32 Å². The van der Waals surface area contributed by atoms with Gasteiger partial charge in [0.25, 0.3) is 0 Å². The predicted octanol–water partition coefficient (Wildman–Crippen LogP) is 10.6. The summed E-state index contributed by atoms with van der Waals surface area (Å²) in [4.78, 5) is 10.5. The van der Waals surface area contributed by atoms with E-state index in [0.29, 0.717) is 0 Å². The number of benzene rings is 7. The Balaban J connectivity index is 1.21. The van der Waals surface area contributed by atoms with Crippen LogP contribution in [0, 0.1) is 0 Å². The normalized spacial score (nSPS) is 14.6. The highest BCUT2D eigenvalue weighted by molar-refractivity contribution is 6.17. The second-order valence-corrected chi connectivity index (χ2v) is 11.8. The van der Waals surface area contributed by atoms with Crippen molar-refractivity contribution >= 4 is 44.4 Å². The molecule has 1 N–H and O–H groups in total. The zero-order valence-electron chi connectivity index (χ0n) is 25.5. The third-order valence-electron chi connectivity index (χ3n) is 8.96. The van der Waals surface area contributed by atoms with E-state index in [9.17, 15) is 0 Å². The molecule has 1 aromatic heterocycles. The first-order valence-corrected chi connectivity index (χ1v) is 15.9. The Morgan fingerprint density at radius 2 is 1.00 bits per heavy atom. The van der Waals surface area contributed by atoms with Gasteiger partial charge in [-0.15, -0.1) is 0 Å². The average molecular weight is 604 g/mol. The molecular weight excluding hydrogens is 574 g/mol. The van der Waals surface area contributed by atoms with Crippen molar-refractivity contribution in [1.29, 1.82) is 0 Å². The number of nitrogens with one attached hydrogen (secondary N) is 1. The Labute approximate surface area is 272 Å². The van der Waals surface area contributed by atoms with Crippen molar-refractivity contribution in [2.75, 3.05) is 0 Å². The van der Waals surface area contributed by atoms with Crippen molar-refractivity contribution in [3.63, 3.8) is 0 Å². The first-order valence-electron chi connectivity index (χ1n) is 15.9. The molecule has 0 radical (unpaired) electrons. The van der Waals surface area contributed by atoms with Gasteiger partial charge in [-0.25, -0.2) is 9.98 Å². The Morgan fingerprint density at radius 3 is 1.85 bits per heavy atom. The van der Waals surface area contributed by atoms with Crippen molar-refractivity contribution in [3.8, 4) is 22.3 Å². The molecule has 0 spiro atoms. The van der Waals surface area contributed by atoms with Gasteiger partial charge in [-0.2, -0.15) is 0 Å². The number of fused-ring (bicyclic) bond motifs is 4. The summed E-state index contributed by atoms with van der Waals surface area (Å²) < 4.78 is 6.25. The van der Waals surface area contributed by atoms with E-state index < -0.39 is 6.17 Å². The standard InChI is InChI=1S/C43H29N3O/c1-3-13-28(14-4-1)30-17-9-18-31(27-30)42-44-41(29-15-5-2-6-16-29)45-43(46-42)36-24-11-20-32-33(21-10-22-34(32)36)35-23-12-26-39-40(35)37-19-7-8-25-38(37)47-39/h1-27,43H,(H,44,45,46). The molecule has 1 unspecified atom stereocenters. The van der Waals surface area contributed by atoms with E-state index in [1.807, 2.05) is 42.5 Å². The van der Waals surface area contributed by atoms with Gasteiger partial charge in [0.1, 0.15) is 22.8 Å². The number of furan rings is 1. The van der Waals surface area contributed by atoms with E-state index in [2.05, 4.69) is 127 Å². The van der Waals surface area contributed by atoms with E-state index >= 15 is 0 Å². The van der Waals surface area contributed by atoms with Crippen LogP contribution in [0.5, 0.6) is 0 Å². The van der Waals surface area contributed by atoms with Gasteiger partial charge in [0.2, 0.25) is 0 Å². The van der Waals surface area contributed by atoms with Crippen LogP contribution in [0.4, 0.5) is 0 Å². The van der Waals surface area contributed by atoms with Gasteiger partial charge in [-0.1, -0.05) is 146 Å². The van der Waals surface area contributed by atoms with Crippen LogP contribution in [0.2, 0.25) is 0 Å². The fraction of sp³-hybridized carbons (Fsp3) is 0.0233. The van der Waals surface area contributed by atoms with Gasteiger partial charge in [0, 0.05) is 27.5 Å². The number of hydrogen-bond donors (Lipinski definition) is 1. The van der Waals surface area contributed by atoms with E-state index in [4.69, 9.17) is 14.4 Å². The molecule has 222 valence electrons. The molecule has 0 aliphatic carbocycles. The topological polar surface area (TPSA) is 49.9 Å². The van der Waals surface area contributed by atoms with Gasteiger partial charge in [0.15, 0.2) is 6.17 Å². The monoisotopic (exact) mass is 603 g/mol. The van der Waals surface area contributed by atoms with Gasteiger partial charge >= 0.3 is 0 Å². The van der Waals surface area contributed by atoms with Gasteiger partial charge in [-0.05, 0) is 51.2 Å². The fourth-order valence-electron chi connectivity index (χ4n) is 6.75. The Morgan fingerprint density at radius 1 is 0.426 bits per heavy atom. The Hall–Kier alpha value is -6.26.